The van der Waals surface area contributed by atoms with Crippen LogP contribution >= 0.6 is 0 Å². The Morgan fingerprint density at radius 2 is 1.78 bits per heavy atom. The summed E-state index contributed by atoms with van der Waals surface area (Å²) in [6.45, 7) is 11.0. The quantitative estimate of drug-likeness (QED) is 0.637. The molecule has 0 radical (unpaired) electrons. The fourth-order valence-corrected chi connectivity index (χ4v) is 3.22. The summed E-state index contributed by atoms with van der Waals surface area (Å²) in [4.78, 5) is 0. The molecule has 0 bridgehead atoms. The van der Waals surface area contributed by atoms with Crippen molar-refractivity contribution in [3.05, 3.63) is 0 Å². The lowest BCUT2D eigenvalue weighted by molar-refractivity contribution is -0.0296. The van der Waals surface area contributed by atoms with Gasteiger partial charge in [-0.25, -0.2) is 0 Å². The largest absolute Gasteiger partial charge is 0.378 e. The van der Waals surface area contributed by atoms with Gasteiger partial charge < -0.3 is 10.1 Å². The second-order valence-corrected chi connectivity index (χ2v) is 5.82. The van der Waals surface area contributed by atoms with Gasteiger partial charge in [0.1, 0.15) is 0 Å². The van der Waals surface area contributed by atoms with E-state index in [1.165, 1.54) is 38.5 Å². The van der Waals surface area contributed by atoms with E-state index in [2.05, 4.69) is 33.0 Å². The number of nitrogens with one attached hydrogen (secondary N) is 1. The molecule has 0 aromatic rings. The van der Waals surface area contributed by atoms with Crippen LogP contribution in [0.4, 0.5) is 0 Å². The van der Waals surface area contributed by atoms with Gasteiger partial charge in [0.25, 0.3) is 0 Å². The van der Waals surface area contributed by atoms with Crippen LogP contribution in [0.15, 0.2) is 0 Å². The van der Waals surface area contributed by atoms with Crippen molar-refractivity contribution in [1.82, 2.24) is 5.32 Å². The summed E-state index contributed by atoms with van der Waals surface area (Å²) in [7, 11) is 0. The average Bonchev–Trinajstić information content (AvgIpc) is 2.33. The SMILES string of the molecule is CCNC(CC(CC)CC)CC1CC(OCC)C1. The monoisotopic (exact) mass is 255 g/mol. The molecule has 18 heavy (non-hydrogen) atoms. The van der Waals surface area contributed by atoms with Gasteiger partial charge in [-0.3, -0.25) is 0 Å². The van der Waals surface area contributed by atoms with Gasteiger partial charge in [0.15, 0.2) is 0 Å². The normalized spacial score (nSPS) is 25.2. The number of rotatable bonds is 10. The molecular formula is C16H33NO. The molecule has 108 valence electrons. The summed E-state index contributed by atoms with van der Waals surface area (Å²) < 4.78 is 5.65. The summed E-state index contributed by atoms with van der Waals surface area (Å²) in [5, 5.41) is 3.69. The molecule has 0 saturated heterocycles. The first kappa shape index (κ1) is 16.0. The highest BCUT2D eigenvalue weighted by molar-refractivity contribution is 4.84. The third-order valence-electron chi connectivity index (χ3n) is 4.48. The van der Waals surface area contributed by atoms with E-state index in [9.17, 15) is 0 Å². The maximum Gasteiger partial charge on any atom is 0.0580 e. The molecular weight excluding hydrogens is 222 g/mol. The van der Waals surface area contributed by atoms with Gasteiger partial charge in [-0.2, -0.15) is 0 Å². The molecule has 0 aliphatic heterocycles. The molecule has 1 aliphatic rings. The molecule has 0 aromatic carbocycles. The number of hydrogen-bond acceptors (Lipinski definition) is 2. The molecule has 0 heterocycles. The highest BCUT2D eigenvalue weighted by atomic mass is 16.5. The first-order valence-electron chi connectivity index (χ1n) is 8.08. The van der Waals surface area contributed by atoms with E-state index in [1.54, 1.807) is 0 Å². The van der Waals surface area contributed by atoms with E-state index < -0.39 is 0 Å². The smallest absolute Gasteiger partial charge is 0.0580 e. The van der Waals surface area contributed by atoms with E-state index in [-0.39, 0.29) is 0 Å². The standard InChI is InChI=1S/C16H33NO/c1-5-13(6-2)9-15(17-7-3)10-14-11-16(12-14)18-8-4/h13-17H,5-12H2,1-4H3. The van der Waals surface area contributed by atoms with Crippen LogP contribution in [0.2, 0.25) is 0 Å². The van der Waals surface area contributed by atoms with Crippen LogP contribution in [0.25, 0.3) is 0 Å². The molecule has 1 saturated carbocycles. The minimum absolute atomic E-state index is 0.565. The summed E-state index contributed by atoms with van der Waals surface area (Å²) in [6, 6.07) is 0.729. The number of ether oxygens (including phenoxy) is 1. The Morgan fingerprint density at radius 1 is 1.11 bits per heavy atom. The molecule has 1 fully saturated rings. The lowest BCUT2D eigenvalue weighted by Gasteiger charge is -2.37. The summed E-state index contributed by atoms with van der Waals surface area (Å²) in [5.74, 6) is 1.80. The highest BCUT2D eigenvalue weighted by Crippen LogP contribution is 2.34. The third-order valence-corrected chi connectivity index (χ3v) is 4.48. The van der Waals surface area contributed by atoms with Gasteiger partial charge >= 0.3 is 0 Å². The van der Waals surface area contributed by atoms with Crippen molar-refractivity contribution in [2.75, 3.05) is 13.2 Å². The van der Waals surface area contributed by atoms with Crippen LogP contribution in [0.1, 0.15) is 66.2 Å². The van der Waals surface area contributed by atoms with Crippen molar-refractivity contribution >= 4 is 0 Å². The van der Waals surface area contributed by atoms with E-state index in [0.717, 1.165) is 31.0 Å². The first-order chi connectivity index (χ1) is 8.73. The minimum atomic E-state index is 0.565. The maximum atomic E-state index is 5.65. The molecule has 0 amide bonds. The fraction of sp³-hybridized carbons (Fsp3) is 1.00. The zero-order chi connectivity index (χ0) is 13.4. The Labute approximate surface area is 114 Å². The van der Waals surface area contributed by atoms with Crippen molar-refractivity contribution in [3.8, 4) is 0 Å². The summed E-state index contributed by atoms with van der Waals surface area (Å²) >= 11 is 0. The van der Waals surface area contributed by atoms with Crippen molar-refractivity contribution in [1.29, 1.82) is 0 Å². The molecule has 1 aliphatic carbocycles. The third kappa shape index (κ3) is 5.27. The van der Waals surface area contributed by atoms with Gasteiger partial charge in [0.05, 0.1) is 6.10 Å². The number of hydrogen-bond donors (Lipinski definition) is 1. The zero-order valence-electron chi connectivity index (χ0n) is 12.9. The highest BCUT2D eigenvalue weighted by Gasteiger charge is 2.31. The van der Waals surface area contributed by atoms with E-state index in [1.807, 2.05) is 0 Å². The van der Waals surface area contributed by atoms with Crippen molar-refractivity contribution < 1.29 is 4.74 Å². The van der Waals surface area contributed by atoms with E-state index in [4.69, 9.17) is 4.74 Å². The predicted octanol–water partition coefficient (Wildman–Crippen LogP) is 4.00. The van der Waals surface area contributed by atoms with Crippen molar-refractivity contribution in [2.45, 2.75) is 78.4 Å². The predicted molar refractivity (Wildman–Crippen MR) is 78.9 cm³/mol. The van der Waals surface area contributed by atoms with Crippen LogP contribution in [-0.4, -0.2) is 25.3 Å². The molecule has 1 atom stereocenters. The maximum absolute atomic E-state index is 5.65. The van der Waals surface area contributed by atoms with E-state index in [0.29, 0.717) is 6.10 Å². The summed E-state index contributed by atoms with van der Waals surface area (Å²) in [6.07, 6.45) is 8.51. The summed E-state index contributed by atoms with van der Waals surface area (Å²) in [5.41, 5.74) is 0. The molecule has 1 N–H and O–H groups in total. The second-order valence-electron chi connectivity index (χ2n) is 5.82. The van der Waals surface area contributed by atoms with Crippen LogP contribution < -0.4 is 5.32 Å². The van der Waals surface area contributed by atoms with Gasteiger partial charge in [-0.05, 0) is 51.0 Å². The molecule has 0 aromatic heterocycles. The van der Waals surface area contributed by atoms with Crippen LogP contribution in [-0.2, 0) is 4.74 Å². The van der Waals surface area contributed by atoms with Crippen molar-refractivity contribution in [3.63, 3.8) is 0 Å². The van der Waals surface area contributed by atoms with Gasteiger partial charge in [-0.15, -0.1) is 0 Å². The molecule has 2 nitrogen and oxygen atoms in total. The fourth-order valence-electron chi connectivity index (χ4n) is 3.22. The van der Waals surface area contributed by atoms with Gasteiger partial charge in [0.2, 0.25) is 0 Å². The van der Waals surface area contributed by atoms with Gasteiger partial charge in [-0.1, -0.05) is 33.6 Å². The Hall–Kier alpha value is -0.0800. The van der Waals surface area contributed by atoms with Crippen molar-refractivity contribution in [2.24, 2.45) is 11.8 Å². The lowest BCUT2D eigenvalue weighted by Crippen LogP contribution is -2.39. The second kappa shape index (κ2) is 8.92. The van der Waals surface area contributed by atoms with Crippen LogP contribution in [0.5, 0.6) is 0 Å². The van der Waals surface area contributed by atoms with Crippen LogP contribution in [0, 0.1) is 11.8 Å². The Kier molecular flexibility index (Phi) is 7.92. The Balaban J connectivity index is 2.26. The van der Waals surface area contributed by atoms with Gasteiger partial charge in [0, 0.05) is 12.6 Å². The minimum Gasteiger partial charge on any atom is -0.378 e. The topological polar surface area (TPSA) is 21.3 Å². The average molecular weight is 255 g/mol. The molecule has 1 unspecified atom stereocenters. The zero-order valence-corrected chi connectivity index (χ0v) is 12.9. The molecule has 1 rings (SSSR count). The van der Waals surface area contributed by atoms with Crippen LogP contribution in [0.3, 0.4) is 0 Å². The Morgan fingerprint density at radius 3 is 2.28 bits per heavy atom. The first-order valence-corrected chi connectivity index (χ1v) is 8.08. The Bertz CT molecular complexity index is 197. The lowest BCUT2D eigenvalue weighted by atomic mass is 9.76. The molecule has 0 spiro atoms. The van der Waals surface area contributed by atoms with E-state index >= 15 is 0 Å². The molecule has 2 heteroatoms.